The molecular formula is C12H15FN2O2. The van der Waals surface area contributed by atoms with Gasteiger partial charge in [-0.2, -0.15) is 0 Å². The minimum Gasteiger partial charge on any atom is -0.443 e. The number of cyclic esters (lactones) is 1. The Morgan fingerprint density at radius 2 is 2.29 bits per heavy atom. The first kappa shape index (κ1) is 11.9. The summed E-state index contributed by atoms with van der Waals surface area (Å²) in [6.07, 6.45) is -0.673. The number of carbonyl (C=O) groups is 1. The Hall–Kier alpha value is -1.62. The van der Waals surface area contributed by atoms with Gasteiger partial charge < -0.3 is 10.5 Å². The highest BCUT2D eigenvalue weighted by atomic mass is 19.1. The molecule has 17 heavy (non-hydrogen) atoms. The van der Waals surface area contributed by atoms with E-state index in [1.807, 2.05) is 6.92 Å². The second-order valence-corrected chi connectivity index (χ2v) is 4.16. The molecule has 1 aromatic carbocycles. The molecule has 0 radical (unpaired) electrons. The number of benzene rings is 1. The molecule has 2 unspecified atom stereocenters. The number of amides is 1. The van der Waals surface area contributed by atoms with E-state index >= 15 is 0 Å². The van der Waals surface area contributed by atoms with Crippen molar-refractivity contribution in [2.24, 2.45) is 5.73 Å². The Morgan fingerprint density at radius 1 is 1.53 bits per heavy atom. The summed E-state index contributed by atoms with van der Waals surface area (Å²) in [5.74, 6) is -0.307. The van der Waals surface area contributed by atoms with E-state index in [0.717, 1.165) is 5.56 Å². The lowest BCUT2D eigenvalue weighted by molar-refractivity contribution is 0.133. The van der Waals surface area contributed by atoms with Crippen molar-refractivity contribution in [1.29, 1.82) is 0 Å². The Morgan fingerprint density at radius 3 is 2.88 bits per heavy atom. The molecule has 0 aliphatic carbocycles. The topological polar surface area (TPSA) is 55.6 Å². The second kappa shape index (κ2) is 4.71. The molecule has 2 N–H and O–H groups in total. The molecule has 1 aromatic rings. The smallest absolute Gasteiger partial charge is 0.410 e. The van der Waals surface area contributed by atoms with Crippen LogP contribution in [0.4, 0.5) is 9.18 Å². The van der Waals surface area contributed by atoms with E-state index < -0.39 is 6.09 Å². The van der Waals surface area contributed by atoms with Crippen LogP contribution in [0.15, 0.2) is 24.3 Å². The molecule has 0 aromatic heterocycles. The van der Waals surface area contributed by atoms with Crippen LogP contribution < -0.4 is 5.73 Å². The number of carbonyl (C=O) groups excluding carboxylic acids is 1. The average Bonchev–Trinajstić information content (AvgIpc) is 2.56. The summed E-state index contributed by atoms with van der Waals surface area (Å²) in [5, 5.41) is 0. The van der Waals surface area contributed by atoms with Gasteiger partial charge in [-0.15, -0.1) is 0 Å². The van der Waals surface area contributed by atoms with Crippen LogP contribution in [-0.2, 0) is 11.3 Å². The summed E-state index contributed by atoms with van der Waals surface area (Å²) in [6, 6.07) is 6.10. The van der Waals surface area contributed by atoms with Crippen molar-refractivity contribution in [3.63, 3.8) is 0 Å². The van der Waals surface area contributed by atoms with Crippen LogP contribution in [0.25, 0.3) is 0 Å². The lowest BCUT2D eigenvalue weighted by Crippen LogP contribution is -2.36. The van der Waals surface area contributed by atoms with E-state index in [4.69, 9.17) is 10.5 Å². The minimum absolute atomic E-state index is 0.0873. The molecule has 5 heteroatoms. The SMILES string of the molecule is CC1C(CN)OC(=O)N1Cc1cccc(F)c1. The molecule has 0 spiro atoms. The van der Waals surface area contributed by atoms with Gasteiger partial charge in [-0.25, -0.2) is 9.18 Å². The fraction of sp³-hybridized carbons (Fsp3) is 0.417. The van der Waals surface area contributed by atoms with Crippen molar-refractivity contribution in [3.05, 3.63) is 35.6 Å². The van der Waals surface area contributed by atoms with Crippen LogP contribution >= 0.6 is 0 Å². The van der Waals surface area contributed by atoms with Gasteiger partial charge in [-0.1, -0.05) is 12.1 Å². The van der Waals surface area contributed by atoms with Gasteiger partial charge in [0.05, 0.1) is 6.04 Å². The predicted molar refractivity (Wildman–Crippen MR) is 60.7 cm³/mol. The number of rotatable bonds is 3. The van der Waals surface area contributed by atoms with E-state index in [2.05, 4.69) is 0 Å². The Bertz CT molecular complexity index is 425. The highest BCUT2D eigenvalue weighted by molar-refractivity contribution is 5.70. The molecule has 1 aliphatic rings. The van der Waals surface area contributed by atoms with Crippen LogP contribution in [0.2, 0.25) is 0 Å². The van der Waals surface area contributed by atoms with Crippen molar-refractivity contribution >= 4 is 6.09 Å². The third-order valence-corrected chi connectivity index (χ3v) is 2.99. The molecule has 0 bridgehead atoms. The number of hydrogen-bond donors (Lipinski definition) is 1. The standard InChI is InChI=1S/C12H15FN2O2/c1-8-11(6-14)17-12(16)15(8)7-9-3-2-4-10(13)5-9/h2-5,8,11H,6-7,14H2,1H3. The highest BCUT2D eigenvalue weighted by Crippen LogP contribution is 2.21. The molecule has 2 atom stereocenters. The third-order valence-electron chi connectivity index (χ3n) is 2.99. The van der Waals surface area contributed by atoms with Crippen LogP contribution in [-0.4, -0.2) is 29.7 Å². The summed E-state index contributed by atoms with van der Waals surface area (Å²) in [6.45, 7) is 2.52. The van der Waals surface area contributed by atoms with Crippen LogP contribution in [0, 0.1) is 5.82 Å². The maximum atomic E-state index is 13.0. The van der Waals surface area contributed by atoms with Gasteiger partial charge in [0.25, 0.3) is 0 Å². The van der Waals surface area contributed by atoms with Crippen molar-refractivity contribution < 1.29 is 13.9 Å². The normalized spacial score (nSPS) is 23.9. The molecule has 1 aliphatic heterocycles. The average molecular weight is 238 g/mol. The van der Waals surface area contributed by atoms with Crippen molar-refractivity contribution in [3.8, 4) is 0 Å². The molecule has 1 amide bonds. The van der Waals surface area contributed by atoms with Crippen LogP contribution in [0.5, 0.6) is 0 Å². The Kier molecular flexibility index (Phi) is 3.28. The quantitative estimate of drug-likeness (QED) is 0.868. The summed E-state index contributed by atoms with van der Waals surface area (Å²) in [4.78, 5) is 13.2. The predicted octanol–water partition coefficient (Wildman–Crippen LogP) is 1.49. The number of halogens is 1. The number of ether oxygens (including phenoxy) is 1. The fourth-order valence-corrected chi connectivity index (χ4v) is 1.95. The second-order valence-electron chi connectivity index (χ2n) is 4.16. The molecule has 2 rings (SSSR count). The lowest BCUT2D eigenvalue weighted by Gasteiger charge is -2.20. The van der Waals surface area contributed by atoms with Crippen molar-refractivity contribution in [1.82, 2.24) is 4.90 Å². The first-order valence-electron chi connectivity index (χ1n) is 5.53. The first-order chi connectivity index (χ1) is 8.11. The number of nitrogens with two attached hydrogens (primary N) is 1. The maximum absolute atomic E-state index is 13.0. The van der Waals surface area contributed by atoms with Gasteiger partial charge in [-0.3, -0.25) is 4.90 Å². The zero-order valence-electron chi connectivity index (χ0n) is 9.60. The molecule has 4 nitrogen and oxygen atoms in total. The van der Waals surface area contributed by atoms with Gasteiger partial charge >= 0.3 is 6.09 Å². The molecular weight excluding hydrogens is 223 g/mol. The number of nitrogens with zero attached hydrogens (tertiary/aromatic N) is 1. The van der Waals surface area contributed by atoms with Crippen LogP contribution in [0.1, 0.15) is 12.5 Å². The summed E-state index contributed by atoms with van der Waals surface area (Å²) >= 11 is 0. The van der Waals surface area contributed by atoms with Gasteiger partial charge in [0.15, 0.2) is 0 Å². The molecule has 0 saturated carbocycles. The Labute approximate surface area is 99.2 Å². The largest absolute Gasteiger partial charge is 0.443 e. The Balaban J connectivity index is 2.11. The van der Waals surface area contributed by atoms with Crippen LogP contribution in [0.3, 0.4) is 0 Å². The van der Waals surface area contributed by atoms with Gasteiger partial charge in [0, 0.05) is 13.1 Å². The van der Waals surface area contributed by atoms with E-state index in [1.165, 1.54) is 12.1 Å². The van der Waals surface area contributed by atoms with E-state index in [0.29, 0.717) is 13.1 Å². The zero-order valence-corrected chi connectivity index (χ0v) is 9.60. The van der Waals surface area contributed by atoms with Crippen molar-refractivity contribution in [2.75, 3.05) is 6.54 Å². The van der Waals surface area contributed by atoms with Gasteiger partial charge in [0.1, 0.15) is 11.9 Å². The lowest BCUT2D eigenvalue weighted by atomic mass is 10.1. The van der Waals surface area contributed by atoms with Gasteiger partial charge in [-0.05, 0) is 24.6 Å². The monoisotopic (exact) mass is 238 g/mol. The van der Waals surface area contributed by atoms with Gasteiger partial charge in [0.2, 0.25) is 0 Å². The maximum Gasteiger partial charge on any atom is 0.410 e. The van der Waals surface area contributed by atoms with E-state index in [-0.39, 0.29) is 18.0 Å². The van der Waals surface area contributed by atoms with Crippen molar-refractivity contribution in [2.45, 2.75) is 25.6 Å². The fourth-order valence-electron chi connectivity index (χ4n) is 1.95. The first-order valence-corrected chi connectivity index (χ1v) is 5.53. The molecule has 1 fully saturated rings. The number of hydrogen-bond acceptors (Lipinski definition) is 3. The highest BCUT2D eigenvalue weighted by Gasteiger charge is 2.37. The summed E-state index contributed by atoms with van der Waals surface area (Å²) in [5.41, 5.74) is 6.24. The minimum atomic E-state index is -0.391. The van der Waals surface area contributed by atoms with E-state index in [1.54, 1.807) is 17.0 Å². The summed E-state index contributed by atoms with van der Waals surface area (Å²) in [7, 11) is 0. The van der Waals surface area contributed by atoms with E-state index in [9.17, 15) is 9.18 Å². The molecule has 92 valence electrons. The summed E-state index contributed by atoms with van der Waals surface area (Å²) < 4.78 is 18.1. The molecule has 1 heterocycles. The zero-order chi connectivity index (χ0) is 12.4. The molecule has 1 saturated heterocycles. The third kappa shape index (κ3) is 2.39.